The quantitative estimate of drug-likeness (QED) is 0.790. The summed E-state index contributed by atoms with van der Waals surface area (Å²) >= 11 is 0. The second kappa shape index (κ2) is 5.97. The second-order valence-corrected chi connectivity index (χ2v) is 4.66. The van der Waals surface area contributed by atoms with Crippen molar-refractivity contribution in [1.29, 1.82) is 0 Å². The molecular weight excluding hydrogens is 230 g/mol. The van der Waals surface area contributed by atoms with Crippen LogP contribution in [0.15, 0.2) is 12.3 Å². The number of nitrogens with zero attached hydrogens (tertiary/aromatic N) is 5. The number of β-amino-alcohol motifs (C(OH)–C–C–N with tert-alkyl or cyclic N) is 1. The minimum atomic E-state index is 0.229. The van der Waals surface area contributed by atoms with E-state index in [0.29, 0.717) is 0 Å². The highest BCUT2D eigenvalue weighted by Gasteiger charge is 2.18. The molecule has 1 saturated heterocycles. The van der Waals surface area contributed by atoms with E-state index in [9.17, 15) is 0 Å². The molecule has 1 aliphatic rings. The van der Waals surface area contributed by atoms with Gasteiger partial charge in [-0.3, -0.25) is 4.90 Å². The predicted molar refractivity (Wildman–Crippen MR) is 72.1 cm³/mol. The Kier molecular flexibility index (Phi) is 4.33. The van der Waals surface area contributed by atoms with E-state index in [4.69, 9.17) is 5.11 Å². The second-order valence-electron chi connectivity index (χ2n) is 4.66. The van der Waals surface area contributed by atoms with Crippen LogP contribution < -0.4 is 9.80 Å². The topological polar surface area (TPSA) is 55.7 Å². The van der Waals surface area contributed by atoms with E-state index in [0.717, 1.165) is 44.5 Å². The monoisotopic (exact) mass is 251 g/mol. The molecule has 0 unspecified atom stereocenters. The van der Waals surface area contributed by atoms with Gasteiger partial charge in [-0.25, -0.2) is 4.98 Å². The Balaban J connectivity index is 1.98. The van der Waals surface area contributed by atoms with Gasteiger partial charge in [0.25, 0.3) is 0 Å². The largest absolute Gasteiger partial charge is 0.395 e. The molecule has 100 valence electrons. The van der Waals surface area contributed by atoms with Crippen molar-refractivity contribution in [2.24, 2.45) is 0 Å². The molecule has 0 aliphatic carbocycles. The Morgan fingerprint density at radius 1 is 1.28 bits per heavy atom. The summed E-state index contributed by atoms with van der Waals surface area (Å²) in [5.74, 6) is 1.72. The number of anilines is 2. The number of aliphatic hydroxyl groups excluding tert-OH is 1. The van der Waals surface area contributed by atoms with E-state index >= 15 is 0 Å². The van der Waals surface area contributed by atoms with Gasteiger partial charge in [-0.15, -0.1) is 0 Å². The summed E-state index contributed by atoms with van der Waals surface area (Å²) in [6, 6.07) is 1.91. The minimum absolute atomic E-state index is 0.229. The zero-order chi connectivity index (χ0) is 13.0. The first kappa shape index (κ1) is 13.0. The molecule has 0 saturated carbocycles. The van der Waals surface area contributed by atoms with Crippen molar-refractivity contribution < 1.29 is 5.11 Å². The summed E-state index contributed by atoms with van der Waals surface area (Å²) in [7, 11) is 3.95. The normalized spacial score (nSPS) is 16.9. The smallest absolute Gasteiger partial charge is 0.227 e. The van der Waals surface area contributed by atoms with Crippen LogP contribution in [-0.4, -0.2) is 73.4 Å². The molecule has 0 bridgehead atoms. The van der Waals surface area contributed by atoms with E-state index in [1.54, 1.807) is 6.20 Å². The highest BCUT2D eigenvalue weighted by atomic mass is 16.3. The van der Waals surface area contributed by atoms with Crippen LogP contribution >= 0.6 is 0 Å². The molecule has 1 aromatic heterocycles. The zero-order valence-electron chi connectivity index (χ0n) is 11.1. The molecule has 0 atom stereocenters. The minimum Gasteiger partial charge on any atom is -0.395 e. The van der Waals surface area contributed by atoms with Crippen molar-refractivity contribution in [1.82, 2.24) is 14.9 Å². The maximum atomic E-state index is 8.91. The summed E-state index contributed by atoms with van der Waals surface area (Å²) in [5.41, 5.74) is 0. The van der Waals surface area contributed by atoms with Crippen LogP contribution in [0.25, 0.3) is 0 Å². The van der Waals surface area contributed by atoms with E-state index in [1.165, 1.54) is 0 Å². The van der Waals surface area contributed by atoms with Crippen molar-refractivity contribution in [3.8, 4) is 0 Å². The zero-order valence-corrected chi connectivity index (χ0v) is 11.1. The predicted octanol–water partition coefficient (Wildman–Crippen LogP) is -0.343. The third-order valence-corrected chi connectivity index (χ3v) is 3.16. The van der Waals surface area contributed by atoms with Gasteiger partial charge in [-0.1, -0.05) is 0 Å². The van der Waals surface area contributed by atoms with Crippen LogP contribution in [0.1, 0.15) is 0 Å². The van der Waals surface area contributed by atoms with Gasteiger partial charge in [0.2, 0.25) is 5.95 Å². The van der Waals surface area contributed by atoms with Gasteiger partial charge < -0.3 is 14.9 Å². The van der Waals surface area contributed by atoms with Crippen molar-refractivity contribution in [3.05, 3.63) is 12.3 Å². The summed E-state index contributed by atoms with van der Waals surface area (Å²) in [6.45, 7) is 4.72. The standard InChI is InChI=1S/C12H21N5O/c1-15(2)11-3-4-13-12(14-11)17-7-5-16(6-8-17)9-10-18/h3-4,18H,5-10H2,1-2H3. The van der Waals surface area contributed by atoms with Crippen molar-refractivity contribution in [3.63, 3.8) is 0 Å². The average molecular weight is 251 g/mol. The molecule has 1 fully saturated rings. The number of aromatic nitrogens is 2. The lowest BCUT2D eigenvalue weighted by molar-refractivity contribution is 0.188. The Morgan fingerprint density at radius 3 is 2.61 bits per heavy atom. The molecule has 1 N–H and O–H groups in total. The number of hydrogen-bond donors (Lipinski definition) is 1. The fourth-order valence-corrected chi connectivity index (χ4v) is 2.05. The molecule has 6 nitrogen and oxygen atoms in total. The molecule has 2 heterocycles. The fourth-order valence-electron chi connectivity index (χ4n) is 2.05. The molecule has 6 heteroatoms. The Bertz CT molecular complexity index is 376. The van der Waals surface area contributed by atoms with Gasteiger partial charge in [0.15, 0.2) is 0 Å². The van der Waals surface area contributed by atoms with Gasteiger partial charge in [-0.2, -0.15) is 4.98 Å². The maximum absolute atomic E-state index is 8.91. The molecule has 0 aromatic carbocycles. The molecule has 0 radical (unpaired) electrons. The molecule has 0 spiro atoms. The molecule has 1 aromatic rings. The number of hydrogen-bond acceptors (Lipinski definition) is 6. The third-order valence-electron chi connectivity index (χ3n) is 3.16. The lowest BCUT2D eigenvalue weighted by Gasteiger charge is -2.34. The van der Waals surface area contributed by atoms with Gasteiger partial charge in [0.05, 0.1) is 6.61 Å². The van der Waals surface area contributed by atoms with Crippen LogP contribution in [-0.2, 0) is 0 Å². The lowest BCUT2D eigenvalue weighted by atomic mass is 10.3. The van der Waals surface area contributed by atoms with E-state index in [-0.39, 0.29) is 6.61 Å². The van der Waals surface area contributed by atoms with Crippen molar-refractivity contribution in [2.45, 2.75) is 0 Å². The van der Waals surface area contributed by atoms with Crippen LogP contribution in [0.3, 0.4) is 0 Å². The maximum Gasteiger partial charge on any atom is 0.227 e. The Labute approximate surface area is 108 Å². The van der Waals surface area contributed by atoms with Crippen LogP contribution in [0, 0.1) is 0 Å². The van der Waals surface area contributed by atoms with Crippen molar-refractivity contribution >= 4 is 11.8 Å². The SMILES string of the molecule is CN(C)c1ccnc(N2CCN(CCO)CC2)n1. The molecule has 1 aliphatic heterocycles. The first-order valence-electron chi connectivity index (χ1n) is 6.29. The average Bonchev–Trinajstić information content (AvgIpc) is 2.40. The third kappa shape index (κ3) is 3.08. The van der Waals surface area contributed by atoms with Gasteiger partial charge >= 0.3 is 0 Å². The van der Waals surface area contributed by atoms with Gasteiger partial charge in [0, 0.05) is 53.0 Å². The molecule has 18 heavy (non-hydrogen) atoms. The van der Waals surface area contributed by atoms with Gasteiger partial charge in [0.1, 0.15) is 5.82 Å². The van der Waals surface area contributed by atoms with Crippen LogP contribution in [0.5, 0.6) is 0 Å². The lowest BCUT2D eigenvalue weighted by Crippen LogP contribution is -2.47. The van der Waals surface area contributed by atoms with Crippen LogP contribution in [0.2, 0.25) is 0 Å². The number of rotatable bonds is 4. The number of piperazine rings is 1. The first-order valence-corrected chi connectivity index (χ1v) is 6.29. The summed E-state index contributed by atoms with van der Waals surface area (Å²) in [5, 5.41) is 8.91. The number of aliphatic hydroxyl groups is 1. The first-order chi connectivity index (χ1) is 8.70. The van der Waals surface area contributed by atoms with E-state index in [1.807, 2.05) is 25.1 Å². The summed E-state index contributed by atoms with van der Waals surface area (Å²) < 4.78 is 0. The highest BCUT2D eigenvalue weighted by molar-refractivity contribution is 5.42. The highest BCUT2D eigenvalue weighted by Crippen LogP contribution is 2.14. The van der Waals surface area contributed by atoms with Gasteiger partial charge in [-0.05, 0) is 6.07 Å². The molecule has 0 amide bonds. The Morgan fingerprint density at radius 2 is 2.00 bits per heavy atom. The van der Waals surface area contributed by atoms with E-state index < -0.39 is 0 Å². The summed E-state index contributed by atoms with van der Waals surface area (Å²) in [4.78, 5) is 15.3. The molecule has 2 rings (SSSR count). The van der Waals surface area contributed by atoms with Crippen LogP contribution in [0.4, 0.5) is 11.8 Å². The fraction of sp³-hybridized carbons (Fsp3) is 0.667. The summed E-state index contributed by atoms with van der Waals surface area (Å²) in [6.07, 6.45) is 1.80. The Hall–Kier alpha value is -1.40. The van der Waals surface area contributed by atoms with E-state index in [2.05, 4.69) is 19.8 Å². The van der Waals surface area contributed by atoms with Crippen molar-refractivity contribution in [2.75, 3.05) is 63.2 Å². The molecular formula is C12H21N5O.